The van der Waals surface area contributed by atoms with Crippen molar-refractivity contribution in [2.24, 2.45) is 0 Å². The lowest BCUT2D eigenvalue weighted by atomic mass is 9.94. The van der Waals surface area contributed by atoms with Gasteiger partial charge in [0.25, 0.3) is 0 Å². The summed E-state index contributed by atoms with van der Waals surface area (Å²) in [5, 5.41) is 7.22. The Morgan fingerprint density at radius 3 is 1.77 bits per heavy atom. The lowest BCUT2D eigenvalue weighted by Gasteiger charge is -2.28. The predicted molar refractivity (Wildman–Crippen MR) is 220 cm³/mol. The lowest BCUT2D eigenvalue weighted by Crippen LogP contribution is -2.11. The van der Waals surface area contributed by atoms with Gasteiger partial charge in [0.05, 0.1) is 5.69 Å². The summed E-state index contributed by atoms with van der Waals surface area (Å²) >= 11 is 0. The van der Waals surface area contributed by atoms with Gasteiger partial charge in [-0.3, -0.25) is 0 Å². The van der Waals surface area contributed by atoms with Crippen LogP contribution in [-0.2, 0) is 0 Å². The highest BCUT2D eigenvalue weighted by Crippen LogP contribution is 2.44. The van der Waals surface area contributed by atoms with E-state index in [4.69, 9.17) is 4.42 Å². The van der Waals surface area contributed by atoms with E-state index in [0.29, 0.717) is 0 Å². The van der Waals surface area contributed by atoms with E-state index in [2.05, 4.69) is 193 Å². The molecule has 0 saturated carbocycles. The Morgan fingerprint density at radius 2 is 0.923 bits per heavy atom. The molecule has 0 radical (unpaired) electrons. The average molecular weight is 664 g/mol. The van der Waals surface area contributed by atoms with Gasteiger partial charge in [0.1, 0.15) is 11.2 Å². The summed E-state index contributed by atoms with van der Waals surface area (Å²) in [6.45, 7) is 0. The van der Waals surface area contributed by atoms with Crippen molar-refractivity contribution >= 4 is 60.5 Å². The highest BCUT2D eigenvalue weighted by Gasteiger charge is 2.19. The molecule has 0 aliphatic rings. The van der Waals surface area contributed by atoms with Gasteiger partial charge in [-0.2, -0.15) is 0 Å². The third kappa shape index (κ3) is 5.21. The monoisotopic (exact) mass is 663 g/mol. The molecular formula is C50H33NO. The SMILES string of the molecule is c1ccc(-c2cc(-c3ccc4c(ccc5oc6ccccc6c54)c3)ccc2N(c2ccccc2)c2ccc(-c3ccc4ccccc4c3)cc2)cc1. The van der Waals surface area contributed by atoms with Gasteiger partial charge < -0.3 is 9.32 Å². The Kier molecular flexibility index (Phi) is 7.18. The molecule has 0 bridgehead atoms. The molecule has 0 aliphatic heterocycles. The fourth-order valence-electron chi connectivity index (χ4n) is 7.67. The van der Waals surface area contributed by atoms with Crippen LogP contribution in [0.3, 0.4) is 0 Å². The molecule has 9 aromatic carbocycles. The van der Waals surface area contributed by atoms with Crippen molar-refractivity contribution in [3.63, 3.8) is 0 Å². The normalized spacial score (nSPS) is 11.5. The molecule has 2 heteroatoms. The number of furan rings is 1. The van der Waals surface area contributed by atoms with Crippen LogP contribution in [0.2, 0.25) is 0 Å². The molecule has 0 atom stereocenters. The van der Waals surface area contributed by atoms with E-state index < -0.39 is 0 Å². The van der Waals surface area contributed by atoms with Crippen LogP contribution in [-0.4, -0.2) is 0 Å². The van der Waals surface area contributed by atoms with E-state index >= 15 is 0 Å². The van der Waals surface area contributed by atoms with Gasteiger partial charge in [-0.1, -0.05) is 140 Å². The first-order chi connectivity index (χ1) is 25.8. The Bertz CT molecular complexity index is 2890. The number of benzene rings is 9. The van der Waals surface area contributed by atoms with Crippen LogP contribution < -0.4 is 4.90 Å². The Balaban J connectivity index is 1.10. The maximum atomic E-state index is 6.19. The number of fused-ring (bicyclic) bond motifs is 6. The molecular weight excluding hydrogens is 631 g/mol. The molecule has 0 saturated heterocycles. The van der Waals surface area contributed by atoms with Gasteiger partial charge in [-0.25, -0.2) is 0 Å². The van der Waals surface area contributed by atoms with Crippen molar-refractivity contribution < 1.29 is 4.42 Å². The predicted octanol–water partition coefficient (Wildman–Crippen LogP) is 14.4. The van der Waals surface area contributed by atoms with E-state index in [1.807, 2.05) is 12.1 Å². The number of para-hydroxylation sites is 2. The van der Waals surface area contributed by atoms with Crippen LogP contribution in [0.25, 0.3) is 76.9 Å². The maximum absolute atomic E-state index is 6.19. The van der Waals surface area contributed by atoms with Crippen LogP contribution >= 0.6 is 0 Å². The first kappa shape index (κ1) is 30.0. The smallest absolute Gasteiger partial charge is 0.136 e. The Morgan fingerprint density at radius 1 is 0.327 bits per heavy atom. The van der Waals surface area contributed by atoms with Crippen molar-refractivity contribution in [2.45, 2.75) is 0 Å². The van der Waals surface area contributed by atoms with Gasteiger partial charge >= 0.3 is 0 Å². The molecule has 0 aliphatic carbocycles. The number of hydrogen-bond donors (Lipinski definition) is 0. The zero-order valence-electron chi connectivity index (χ0n) is 28.4. The summed E-state index contributed by atoms with van der Waals surface area (Å²) in [5.74, 6) is 0. The number of nitrogens with zero attached hydrogens (tertiary/aromatic N) is 1. The van der Waals surface area contributed by atoms with E-state index in [0.717, 1.165) is 39.2 Å². The van der Waals surface area contributed by atoms with Crippen molar-refractivity contribution in [1.82, 2.24) is 0 Å². The summed E-state index contributed by atoms with van der Waals surface area (Å²) in [6, 6.07) is 71.8. The molecule has 10 aromatic rings. The topological polar surface area (TPSA) is 16.4 Å². The minimum absolute atomic E-state index is 0.920. The van der Waals surface area contributed by atoms with Crippen molar-refractivity contribution in [3.8, 4) is 33.4 Å². The van der Waals surface area contributed by atoms with Crippen LogP contribution in [0.15, 0.2) is 205 Å². The van der Waals surface area contributed by atoms with E-state index in [-0.39, 0.29) is 0 Å². The molecule has 52 heavy (non-hydrogen) atoms. The standard InChI is InChI=1S/C50H33NO/c1-3-12-36(13-4-1)46-33-40(39-23-28-44-41(32-39)25-30-49-50(44)45-17-9-10-18-48(45)52-49)24-29-47(46)51(42-15-5-2-6-16-42)43-26-21-35(22-27-43)38-20-19-34-11-7-8-14-37(34)31-38/h1-33H. The average Bonchev–Trinajstić information content (AvgIpc) is 3.61. The van der Waals surface area contributed by atoms with E-state index in [1.165, 1.54) is 54.7 Å². The minimum Gasteiger partial charge on any atom is -0.456 e. The highest BCUT2D eigenvalue weighted by molar-refractivity contribution is 6.19. The molecule has 244 valence electrons. The van der Waals surface area contributed by atoms with Gasteiger partial charge in [-0.05, 0) is 110 Å². The summed E-state index contributed by atoms with van der Waals surface area (Å²) in [7, 11) is 0. The van der Waals surface area contributed by atoms with Gasteiger partial charge in [-0.15, -0.1) is 0 Å². The molecule has 0 fully saturated rings. The second-order valence-corrected chi connectivity index (χ2v) is 13.4. The molecule has 0 spiro atoms. The molecule has 10 rings (SSSR count). The van der Waals surface area contributed by atoms with Crippen LogP contribution in [0.4, 0.5) is 17.1 Å². The van der Waals surface area contributed by atoms with Crippen molar-refractivity contribution in [3.05, 3.63) is 200 Å². The fraction of sp³-hybridized carbons (Fsp3) is 0. The van der Waals surface area contributed by atoms with Crippen LogP contribution in [0.1, 0.15) is 0 Å². The summed E-state index contributed by atoms with van der Waals surface area (Å²) in [5.41, 5.74) is 12.2. The highest BCUT2D eigenvalue weighted by atomic mass is 16.3. The second-order valence-electron chi connectivity index (χ2n) is 13.4. The summed E-state index contributed by atoms with van der Waals surface area (Å²) in [4.78, 5) is 2.37. The molecule has 1 heterocycles. The van der Waals surface area contributed by atoms with Gasteiger partial charge in [0.2, 0.25) is 0 Å². The summed E-state index contributed by atoms with van der Waals surface area (Å²) < 4.78 is 6.19. The van der Waals surface area contributed by atoms with Gasteiger partial charge in [0, 0.05) is 27.7 Å². The third-order valence-electron chi connectivity index (χ3n) is 10.2. The first-order valence-electron chi connectivity index (χ1n) is 17.8. The largest absolute Gasteiger partial charge is 0.456 e. The second kappa shape index (κ2) is 12.5. The third-order valence-corrected chi connectivity index (χ3v) is 10.2. The molecule has 1 aromatic heterocycles. The summed E-state index contributed by atoms with van der Waals surface area (Å²) in [6.07, 6.45) is 0. The Labute approximate surface area is 302 Å². The minimum atomic E-state index is 0.920. The molecule has 0 N–H and O–H groups in total. The van der Waals surface area contributed by atoms with Crippen molar-refractivity contribution in [2.75, 3.05) is 4.90 Å². The fourth-order valence-corrected chi connectivity index (χ4v) is 7.67. The van der Waals surface area contributed by atoms with Gasteiger partial charge in [0.15, 0.2) is 0 Å². The molecule has 0 amide bonds. The zero-order chi connectivity index (χ0) is 34.4. The quantitative estimate of drug-likeness (QED) is 0.176. The maximum Gasteiger partial charge on any atom is 0.136 e. The van der Waals surface area contributed by atoms with E-state index in [1.54, 1.807) is 0 Å². The van der Waals surface area contributed by atoms with Crippen molar-refractivity contribution in [1.29, 1.82) is 0 Å². The molecule has 2 nitrogen and oxygen atoms in total. The number of rotatable bonds is 6. The van der Waals surface area contributed by atoms with Crippen LogP contribution in [0, 0.1) is 0 Å². The Hall–Kier alpha value is -6.90. The first-order valence-corrected chi connectivity index (χ1v) is 17.8. The molecule has 0 unspecified atom stereocenters. The van der Waals surface area contributed by atoms with Crippen LogP contribution in [0.5, 0.6) is 0 Å². The zero-order valence-corrected chi connectivity index (χ0v) is 28.4. The lowest BCUT2D eigenvalue weighted by molar-refractivity contribution is 0.669. The number of hydrogen-bond acceptors (Lipinski definition) is 2. The van der Waals surface area contributed by atoms with E-state index in [9.17, 15) is 0 Å². The number of anilines is 3.